The van der Waals surface area contributed by atoms with Crippen LogP contribution in [0.4, 0.5) is 0 Å². The van der Waals surface area contributed by atoms with E-state index in [0.29, 0.717) is 12.2 Å². The third-order valence-corrected chi connectivity index (χ3v) is 2.08. The number of hydrogen-bond donors (Lipinski definition) is 1. The molecule has 5 nitrogen and oxygen atoms in total. The van der Waals surface area contributed by atoms with Gasteiger partial charge in [0.25, 0.3) is 5.89 Å². The molecule has 1 fully saturated rings. The van der Waals surface area contributed by atoms with E-state index in [0.717, 1.165) is 19.4 Å². The van der Waals surface area contributed by atoms with Crippen molar-refractivity contribution < 1.29 is 14.4 Å². The Labute approximate surface area is 75.7 Å². The predicted molar refractivity (Wildman–Crippen MR) is 42.9 cm³/mol. The summed E-state index contributed by atoms with van der Waals surface area (Å²) in [5, 5.41) is 12.4. The van der Waals surface area contributed by atoms with Gasteiger partial charge in [0.1, 0.15) is 6.61 Å². The monoisotopic (exact) mass is 184 g/mol. The molecule has 0 radical (unpaired) electrons. The number of aromatic nitrogens is 2. The molecule has 1 saturated heterocycles. The second-order valence-corrected chi connectivity index (χ2v) is 3.10. The largest absolute Gasteiger partial charge is 0.387 e. The number of nitrogens with zero attached hydrogens (tertiary/aromatic N) is 2. The molecule has 13 heavy (non-hydrogen) atoms. The smallest absolute Gasteiger partial charge is 0.252 e. The third-order valence-electron chi connectivity index (χ3n) is 2.08. The van der Waals surface area contributed by atoms with Crippen LogP contribution in [0.2, 0.25) is 0 Å². The van der Waals surface area contributed by atoms with Crippen LogP contribution in [-0.4, -0.2) is 28.0 Å². The van der Waals surface area contributed by atoms with Crippen LogP contribution in [-0.2, 0) is 17.8 Å². The number of aliphatic hydroxyl groups is 1. The van der Waals surface area contributed by atoms with E-state index in [9.17, 15) is 0 Å². The molecule has 5 heteroatoms. The molecule has 0 aliphatic carbocycles. The minimum Gasteiger partial charge on any atom is -0.387 e. The van der Waals surface area contributed by atoms with Crippen molar-refractivity contribution in [2.24, 2.45) is 0 Å². The van der Waals surface area contributed by atoms with Gasteiger partial charge in [0.15, 0.2) is 5.82 Å². The second-order valence-electron chi connectivity index (χ2n) is 3.10. The Balaban J connectivity index is 1.92. The first kappa shape index (κ1) is 8.65. The van der Waals surface area contributed by atoms with Crippen LogP contribution in [0.25, 0.3) is 0 Å². The van der Waals surface area contributed by atoms with E-state index in [1.54, 1.807) is 0 Å². The highest BCUT2D eigenvalue weighted by molar-refractivity contribution is 4.88. The zero-order valence-corrected chi connectivity index (χ0v) is 7.27. The maximum Gasteiger partial charge on any atom is 0.252 e. The highest BCUT2D eigenvalue weighted by atomic mass is 16.5. The van der Waals surface area contributed by atoms with Crippen LogP contribution >= 0.6 is 0 Å². The number of ether oxygens (including phenoxy) is 1. The van der Waals surface area contributed by atoms with E-state index >= 15 is 0 Å². The van der Waals surface area contributed by atoms with E-state index in [4.69, 9.17) is 14.4 Å². The lowest BCUT2D eigenvalue weighted by Gasteiger charge is -2.03. The van der Waals surface area contributed by atoms with Crippen molar-refractivity contribution in [3.05, 3.63) is 11.7 Å². The zero-order chi connectivity index (χ0) is 9.10. The number of aliphatic hydroxyl groups excluding tert-OH is 1. The van der Waals surface area contributed by atoms with Crippen LogP contribution in [0.1, 0.15) is 24.6 Å². The van der Waals surface area contributed by atoms with E-state index in [-0.39, 0.29) is 18.6 Å². The second kappa shape index (κ2) is 3.85. The van der Waals surface area contributed by atoms with Crippen LogP contribution in [0.15, 0.2) is 4.52 Å². The van der Waals surface area contributed by atoms with Gasteiger partial charge in [-0.15, -0.1) is 0 Å². The summed E-state index contributed by atoms with van der Waals surface area (Å²) < 4.78 is 10.2. The molecule has 1 N–H and O–H groups in total. The summed E-state index contributed by atoms with van der Waals surface area (Å²) in [6.45, 7) is 0.633. The fourth-order valence-corrected chi connectivity index (χ4v) is 1.45. The molecule has 2 heterocycles. The number of rotatable bonds is 3. The normalized spacial score (nSPS) is 22.4. The molecular weight excluding hydrogens is 172 g/mol. The van der Waals surface area contributed by atoms with Gasteiger partial charge in [-0.1, -0.05) is 5.16 Å². The van der Waals surface area contributed by atoms with Gasteiger partial charge in [0.05, 0.1) is 6.10 Å². The summed E-state index contributed by atoms with van der Waals surface area (Å²) >= 11 is 0. The Hall–Kier alpha value is -0.940. The standard InChI is InChI=1S/C8H12N2O3/c11-5-8-9-7(10-13-8)4-6-2-1-3-12-6/h6,11H,1-5H2. The van der Waals surface area contributed by atoms with Crippen molar-refractivity contribution in [3.8, 4) is 0 Å². The molecule has 72 valence electrons. The van der Waals surface area contributed by atoms with E-state index in [1.165, 1.54) is 0 Å². The van der Waals surface area contributed by atoms with Crippen molar-refractivity contribution in [2.45, 2.75) is 32.0 Å². The Kier molecular flexibility index (Phi) is 2.56. The first-order valence-electron chi connectivity index (χ1n) is 4.42. The highest BCUT2D eigenvalue weighted by Gasteiger charge is 2.18. The van der Waals surface area contributed by atoms with Crippen LogP contribution in [0.3, 0.4) is 0 Å². The zero-order valence-electron chi connectivity index (χ0n) is 7.27. The van der Waals surface area contributed by atoms with Gasteiger partial charge in [-0.25, -0.2) is 0 Å². The van der Waals surface area contributed by atoms with Crippen molar-refractivity contribution in [1.82, 2.24) is 10.1 Å². The van der Waals surface area contributed by atoms with Crippen molar-refractivity contribution in [3.63, 3.8) is 0 Å². The van der Waals surface area contributed by atoms with Crippen molar-refractivity contribution in [2.75, 3.05) is 6.61 Å². The molecule has 2 rings (SSSR count). The molecule has 1 atom stereocenters. The van der Waals surface area contributed by atoms with Crippen LogP contribution in [0, 0.1) is 0 Å². The molecule has 1 aliphatic heterocycles. The maximum atomic E-state index is 8.68. The summed E-state index contributed by atoms with van der Waals surface area (Å²) in [5.41, 5.74) is 0. The average Bonchev–Trinajstić information content (AvgIpc) is 2.76. The summed E-state index contributed by atoms with van der Waals surface area (Å²) in [5.74, 6) is 0.893. The molecular formula is C8H12N2O3. The lowest BCUT2D eigenvalue weighted by molar-refractivity contribution is 0.109. The minimum absolute atomic E-state index is 0.196. The van der Waals surface area contributed by atoms with Gasteiger partial charge >= 0.3 is 0 Å². The van der Waals surface area contributed by atoms with Gasteiger partial charge in [-0.3, -0.25) is 0 Å². The summed E-state index contributed by atoms with van der Waals surface area (Å²) in [4.78, 5) is 3.98. The SMILES string of the molecule is OCc1nc(CC2CCCO2)no1. The molecule has 0 aromatic carbocycles. The van der Waals surface area contributed by atoms with Gasteiger partial charge in [0, 0.05) is 13.0 Å². The molecule has 0 bridgehead atoms. The predicted octanol–water partition coefficient (Wildman–Crippen LogP) is 0.283. The Morgan fingerprint density at radius 1 is 1.54 bits per heavy atom. The molecule has 1 unspecified atom stereocenters. The Bertz CT molecular complexity index is 268. The molecule has 1 aliphatic rings. The molecule has 0 spiro atoms. The van der Waals surface area contributed by atoms with E-state index in [1.807, 2.05) is 0 Å². The highest BCUT2D eigenvalue weighted by Crippen LogP contribution is 2.15. The maximum absolute atomic E-state index is 8.68. The Morgan fingerprint density at radius 3 is 3.08 bits per heavy atom. The van der Waals surface area contributed by atoms with E-state index in [2.05, 4.69) is 10.1 Å². The first-order chi connectivity index (χ1) is 6.38. The van der Waals surface area contributed by atoms with E-state index < -0.39 is 0 Å². The fourth-order valence-electron chi connectivity index (χ4n) is 1.45. The lowest BCUT2D eigenvalue weighted by atomic mass is 10.2. The van der Waals surface area contributed by atoms with Crippen molar-refractivity contribution >= 4 is 0 Å². The summed E-state index contributed by atoms with van der Waals surface area (Å²) in [7, 11) is 0. The van der Waals surface area contributed by atoms with Gasteiger partial charge in [-0.05, 0) is 12.8 Å². The lowest BCUT2D eigenvalue weighted by Crippen LogP contribution is -2.09. The Morgan fingerprint density at radius 2 is 2.46 bits per heavy atom. The molecule has 0 saturated carbocycles. The average molecular weight is 184 g/mol. The summed E-state index contributed by atoms with van der Waals surface area (Å²) in [6.07, 6.45) is 3.08. The topological polar surface area (TPSA) is 68.4 Å². The molecule has 1 aromatic rings. The molecule has 0 amide bonds. The fraction of sp³-hybridized carbons (Fsp3) is 0.750. The number of hydrogen-bond acceptors (Lipinski definition) is 5. The molecule has 1 aromatic heterocycles. The van der Waals surface area contributed by atoms with Gasteiger partial charge in [-0.2, -0.15) is 4.98 Å². The first-order valence-corrected chi connectivity index (χ1v) is 4.42. The van der Waals surface area contributed by atoms with Crippen LogP contribution in [0.5, 0.6) is 0 Å². The van der Waals surface area contributed by atoms with Gasteiger partial charge < -0.3 is 14.4 Å². The summed E-state index contributed by atoms with van der Waals surface area (Å²) in [6, 6.07) is 0. The quantitative estimate of drug-likeness (QED) is 0.730. The van der Waals surface area contributed by atoms with Crippen molar-refractivity contribution in [1.29, 1.82) is 0 Å². The minimum atomic E-state index is -0.196. The van der Waals surface area contributed by atoms with Gasteiger partial charge in [0.2, 0.25) is 0 Å². The van der Waals surface area contributed by atoms with Crippen LogP contribution < -0.4 is 0 Å². The third kappa shape index (κ3) is 2.05.